The van der Waals surface area contributed by atoms with Crippen molar-refractivity contribution in [1.29, 1.82) is 0 Å². The Hall–Kier alpha value is -1.47. The fourth-order valence-corrected chi connectivity index (χ4v) is 1.85. The average molecular weight is 318 g/mol. The molecule has 0 saturated carbocycles. The van der Waals surface area contributed by atoms with Crippen LogP contribution in [0.3, 0.4) is 0 Å². The van der Waals surface area contributed by atoms with Crippen molar-refractivity contribution >= 4 is 33.3 Å². The van der Waals surface area contributed by atoms with Crippen LogP contribution in [0.5, 0.6) is 0 Å². The van der Waals surface area contributed by atoms with E-state index >= 15 is 0 Å². The van der Waals surface area contributed by atoms with Crippen LogP contribution >= 0.6 is 27.5 Å². The van der Waals surface area contributed by atoms with Gasteiger partial charge in [-0.3, -0.25) is 0 Å². The first-order valence-corrected chi connectivity index (χ1v) is 5.71. The number of hydrogen-bond acceptors (Lipinski definition) is 4. The molecular weight excluding hydrogens is 311 g/mol. The lowest BCUT2D eigenvalue weighted by Gasteiger charge is -1.97. The predicted molar refractivity (Wildman–Crippen MR) is 64.9 cm³/mol. The van der Waals surface area contributed by atoms with Crippen LogP contribution in [0.2, 0.25) is 5.15 Å². The summed E-state index contributed by atoms with van der Waals surface area (Å²) in [4.78, 5) is 14.0. The summed E-state index contributed by atoms with van der Waals surface area (Å²) in [6.07, 6.45) is 3.15. The Balaban J connectivity index is 2.22. The zero-order valence-electron chi connectivity index (χ0n) is 8.38. The summed E-state index contributed by atoms with van der Waals surface area (Å²) in [5.41, 5.74) is 0.860. The third kappa shape index (κ3) is 2.80. The van der Waals surface area contributed by atoms with E-state index < -0.39 is 4.92 Å². The van der Waals surface area contributed by atoms with Gasteiger partial charge in [-0.2, -0.15) is 4.68 Å². The standard InChI is InChI=1S/C9H6BrClN4O2/c10-7-5-14(13-9(7)15(16)17)4-6-1-2-8(11)12-3-6/h1-3,5H,4H2. The van der Waals surface area contributed by atoms with Gasteiger partial charge >= 0.3 is 5.82 Å². The van der Waals surface area contributed by atoms with Crippen molar-refractivity contribution < 1.29 is 4.92 Å². The molecular formula is C9H6BrClN4O2. The summed E-state index contributed by atoms with van der Waals surface area (Å²) in [5.74, 6) is -0.202. The summed E-state index contributed by atoms with van der Waals surface area (Å²) < 4.78 is 1.82. The van der Waals surface area contributed by atoms with Crippen molar-refractivity contribution in [1.82, 2.24) is 14.8 Å². The number of halogens is 2. The van der Waals surface area contributed by atoms with Gasteiger partial charge in [0.05, 0.1) is 17.8 Å². The van der Waals surface area contributed by atoms with Crippen molar-refractivity contribution in [3.05, 3.63) is 49.8 Å². The molecule has 0 radical (unpaired) electrons. The number of pyridine rings is 1. The second-order valence-electron chi connectivity index (χ2n) is 3.24. The molecule has 2 aromatic heterocycles. The molecule has 0 amide bonds. The third-order valence-corrected chi connectivity index (χ3v) is 2.79. The highest BCUT2D eigenvalue weighted by Gasteiger charge is 2.18. The monoisotopic (exact) mass is 316 g/mol. The lowest BCUT2D eigenvalue weighted by molar-refractivity contribution is -0.390. The third-order valence-electron chi connectivity index (χ3n) is 2.01. The van der Waals surface area contributed by atoms with E-state index in [0.29, 0.717) is 16.2 Å². The zero-order chi connectivity index (χ0) is 12.4. The van der Waals surface area contributed by atoms with Gasteiger partial charge in [0.25, 0.3) is 0 Å². The minimum Gasteiger partial charge on any atom is -0.358 e. The Morgan fingerprint density at radius 1 is 1.53 bits per heavy atom. The molecule has 0 saturated heterocycles. The molecule has 2 heterocycles. The Morgan fingerprint density at radius 3 is 2.82 bits per heavy atom. The fourth-order valence-electron chi connectivity index (χ4n) is 1.28. The molecule has 0 atom stereocenters. The topological polar surface area (TPSA) is 73.8 Å². The minimum absolute atomic E-state index is 0.202. The zero-order valence-corrected chi connectivity index (χ0v) is 10.7. The molecule has 0 spiro atoms. The number of rotatable bonds is 3. The fraction of sp³-hybridized carbons (Fsp3) is 0.111. The van der Waals surface area contributed by atoms with Crippen LogP contribution in [0.1, 0.15) is 5.56 Å². The molecule has 0 bridgehead atoms. The largest absolute Gasteiger partial charge is 0.404 e. The van der Waals surface area contributed by atoms with Crippen LogP contribution in [-0.4, -0.2) is 19.7 Å². The highest BCUT2D eigenvalue weighted by Crippen LogP contribution is 2.22. The Morgan fingerprint density at radius 2 is 2.29 bits per heavy atom. The summed E-state index contributed by atoms with van der Waals surface area (Å²) >= 11 is 8.74. The summed E-state index contributed by atoms with van der Waals surface area (Å²) in [5, 5.41) is 14.8. The van der Waals surface area contributed by atoms with Gasteiger partial charge in [0, 0.05) is 6.20 Å². The van der Waals surface area contributed by atoms with Crippen molar-refractivity contribution in [3.8, 4) is 0 Å². The molecule has 0 N–H and O–H groups in total. The lowest BCUT2D eigenvalue weighted by Crippen LogP contribution is -2.01. The van der Waals surface area contributed by atoms with Crippen LogP contribution in [0.4, 0.5) is 5.82 Å². The normalized spacial score (nSPS) is 10.5. The molecule has 88 valence electrons. The van der Waals surface area contributed by atoms with Crippen molar-refractivity contribution in [2.45, 2.75) is 6.54 Å². The quantitative estimate of drug-likeness (QED) is 0.495. The summed E-state index contributed by atoms with van der Waals surface area (Å²) in [6, 6.07) is 3.45. The van der Waals surface area contributed by atoms with E-state index in [2.05, 4.69) is 26.0 Å². The molecule has 0 fully saturated rings. The first-order chi connectivity index (χ1) is 8.06. The molecule has 0 aromatic carbocycles. The number of nitro groups is 1. The molecule has 2 aromatic rings. The van der Waals surface area contributed by atoms with Gasteiger partial charge in [0.2, 0.25) is 0 Å². The van der Waals surface area contributed by atoms with Gasteiger partial charge in [-0.05, 0) is 32.5 Å². The van der Waals surface area contributed by atoms with Crippen molar-refractivity contribution in [3.63, 3.8) is 0 Å². The Bertz CT molecular complexity index is 555. The smallest absolute Gasteiger partial charge is 0.358 e. The second kappa shape index (κ2) is 4.80. The first-order valence-electron chi connectivity index (χ1n) is 4.54. The maximum Gasteiger partial charge on any atom is 0.404 e. The molecule has 0 aliphatic rings. The molecule has 8 heteroatoms. The van der Waals surface area contributed by atoms with E-state index in [1.807, 2.05) is 0 Å². The maximum atomic E-state index is 10.6. The van der Waals surface area contributed by atoms with Crippen molar-refractivity contribution in [2.24, 2.45) is 0 Å². The highest BCUT2D eigenvalue weighted by atomic mass is 79.9. The molecule has 17 heavy (non-hydrogen) atoms. The van der Waals surface area contributed by atoms with E-state index in [1.54, 1.807) is 24.5 Å². The summed E-state index contributed by atoms with van der Waals surface area (Å²) in [6.45, 7) is 0.399. The van der Waals surface area contributed by atoms with Gasteiger partial charge in [-0.1, -0.05) is 17.7 Å². The Labute approximate surface area is 110 Å². The van der Waals surface area contributed by atoms with Crippen molar-refractivity contribution in [2.75, 3.05) is 0 Å². The van der Waals surface area contributed by atoms with Crippen LogP contribution in [0, 0.1) is 10.1 Å². The first kappa shape index (κ1) is 12.0. The van der Waals surface area contributed by atoms with Gasteiger partial charge in [0.15, 0.2) is 0 Å². The van der Waals surface area contributed by atoms with Crippen LogP contribution in [-0.2, 0) is 6.54 Å². The predicted octanol–water partition coefficient (Wildman–Crippen LogP) is 2.65. The number of hydrogen-bond donors (Lipinski definition) is 0. The van der Waals surface area contributed by atoms with E-state index in [-0.39, 0.29) is 5.82 Å². The molecule has 0 unspecified atom stereocenters. The molecule has 2 rings (SSSR count). The Kier molecular flexibility index (Phi) is 3.39. The molecule has 6 nitrogen and oxygen atoms in total. The highest BCUT2D eigenvalue weighted by molar-refractivity contribution is 9.10. The van der Waals surface area contributed by atoms with E-state index in [1.165, 1.54) is 4.68 Å². The molecule has 0 aliphatic carbocycles. The van der Waals surface area contributed by atoms with Gasteiger partial charge < -0.3 is 10.1 Å². The minimum atomic E-state index is -0.541. The molecule has 0 aliphatic heterocycles. The van der Waals surface area contributed by atoms with Crippen LogP contribution < -0.4 is 0 Å². The van der Waals surface area contributed by atoms with Crippen LogP contribution in [0.25, 0.3) is 0 Å². The average Bonchev–Trinajstić information content (AvgIpc) is 2.63. The van der Waals surface area contributed by atoms with Gasteiger partial charge in [-0.25, -0.2) is 4.98 Å². The van der Waals surface area contributed by atoms with E-state index in [0.717, 1.165) is 5.56 Å². The number of aromatic nitrogens is 3. The maximum absolute atomic E-state index is 10.6. The van der Waals surface area contributed by atoms with E-state index in [4.69, 9.17) is 11.6 Å². The second-order valence-corrected chi connectivity index (χ2v) is 4.49. The van der Waals surface area contributed by atoms with Gasteiger partial charge in [-0.15, -0.1) is 0 Å². The van der Waals surface area contributed by atoms with Gasteiger partial charge in [0.1, 0.15) is 9.63 Å². The lowest BCUT2D eigenvalue weighted by atomic mass is 10.3. The number of nitrogens with zero attached hydrogens (tertiary/aromatic N) is 4. The van der Waals surface area contributed by atoms with Crippen LogP contribution in [0.15, 0.2) is 29.0 Å². The SMILES string of the molecule is O=[N+]([O-])c1nn(Cc2ccc(Cl)nc2)cc1Br. The van der Waals surface area contributed by atoms with E-state index in [9.17, 15) is 10.1 Å². The summed E-state index contributed by atoms with van der Waals surface area (Å²) in [7, 11) is 0.